The lowest BCUT2D eigenvalue weighted by Crippen LogP contribution is -2.52. The number of nitrogens with one attached hydrogen (secondary N) is 2. The molecule has 3 aromatic rings. The highest BCUT2D eigenvalue weighted by Gasteiger charge is 2.37. The van der Waals surface area contributed by atoms with Gasteiger partial charge in [0.25, 0.3) is 0 Å². The molecule has 40 heavy (non-hydrogen) atoms. The van der Waals surface area contributed by atoms with Gasteiger partial charge in [-0.05, 0) is 47.7 Å². The molecule has 0 bridgehead atoms. The van der Waals surface area contributed by atoms with Crippen molar-refractivity contribution in [1.29, 1.82) is 0 Å². The molecule has 0 aromatic heterocycles. The van der Waals surface area contributed by atoms with Crippen LogP contribution >= 0.6 is 0 Å². The molecule has 0 heterocycles. The smallest absolute Gasteiger partial charge is 0.407 e. The van der Waals surface area contributed by atoms with Crippen LogP contribution in [0.5, 0.6) is 0 Å². The van der Waals surface area contributed by atoms with Crippen LogP contribution in [0, 0.1) is 5.92 Å². The highest BCUT2D eigenvalue weighted by Crippen LogP contribution is 2.44. The average Bonchev–Trinajstić information content (AvgIpc) is 3.54. The van der Waals surface area contributed by atoms with Crippen molar-refractivity contribution in [2.24, 2.45) is 5.92 Å². The van der Waals surface area contributed by atoms with Gasteiger partial charge in [-0.2, -0.15) is 0 Å². The molecule has 1 fully saturated rings. The summed E-state index contributed by atoms with van der Waals surface area (Å²) in [5, 5.41) is 15.4. The normalized spacial score (nSPS) is 18.6. The Kier molecular flexibility index (Phi) is 8.45. The van der Waals surface area contributed by atoms with Crippen molar-refractivity contribution in [2.45, 2.75) is 43.8 Å². The largest absolute Gasteiger partial charge is 0.480 e. The Morgan fingerprint density at radius 2 is 1.55 bits per heavy atom. The van der Waals surface area contributed by atoms with Crippen molar-refractivity contribution in [1.82, 2.24) is 15.5 Å². The van der Waals surface area contributed by atoms with E-state index in [2.05, 4.69) is 34.9 Å². The van der Waals surface area contributed by atoms with E-state index in [0.29, 0.717) is 19.4 Å². The molecule has 5 rings (SSSR count). The van der Waals surface area contributed by atoms with E-state index in [4.69, 9.17) is 4.74 Å². The summed E-state index contributed by atoms with van der Waals surface area (Å²) in [7, 11) is 1.83. The summed E-state index contributed by atoms with van der Waals surface area (Å²) in [4.78, 5) is 39.8. The summed E-state index contributed by atoms with van der Waals surface area (Å²) >= 11 is 0. The highest BCUT2D eigenvalue weighted by atomic mass is 16.5. The zero-order valence-corrected chi connectivity index (χ0v) is 22.6. The molecule has 0 spiro atoms. The number of likely N-dealkylation sites (N-methyl/N-ethyl adjacent to an activating group) is 1. The number of benzene rings is 3. The second-order valence-electron chi connectivity index (χ2n) is 10.7. The number of rotatable bonds is 10. The third kappa shape index (κ3) is 6.18. The van der Waals surface area contributed by atoms with Gasteiger partial charge in [0.1, 0.15) is 12.6 Å². The number of carboxylic acids is 1. The van der Waals surface area contributed by atoms with Crippen LogP contribution in [-0.4, -0.2) is 60.3 Å². The van der Waals surface area contributed by atoms with Crippen molar-refractivity contribution in [2.75, 3.05) is 20.2 Å². The molecule has 2 amide bonds. The van der Waals surface area contributed by atoms with Crippen LogP contribution in [0.15, 0.2) is 78.9 Å². The van der Waals surface area contributed by atoms with Crippen LogP contribution in [0.25, 0.3) is 11.1 Å². The lowest BCUT2D eigenvalue weighted by molar-refractivity contribution is -0.143. The van der Waals surface area contributed by atoms with Crippen molar-refractivity contribution in [3.8, 4) is 11.1 Å². The molecular formula is C32H35N3O5. The Labute approximate surface area is 234 Å². The minimum Gasteiger partial charge on any atom is -0.480 e. The van der Waals surface area contributed by atoms with Gasteiger partial charge < -0.3 is 20.5 Å². The van der Waals surface area contributed by atoms with Crippen LogP contribution in [0.4, 0.5) is 4.79 Å². The third-order valence-electron chi connectivity index (χ3n) is 7.90. The van der Waals surface area contributed by atoms with Crippen LogP contribution in [-0.2, 0) is 20.9 Å². The fourth-order valence-corrected chi connectivity index (χ4v) is 5.97. The fraction of sp³-hybridized carbons (Fsp3) is 0.344. The van der Waals surface area contributed by atoms with E-state index in [1.807, 2.05) is 66.5 Å². The highest BCUT2D eigenvalue weighted by molar-refractivity contribution is 5.86. The maximum Gasteiger partial charge on any atom is 0.407 e. The Morgan fingerprint density at radius 3 is 2.20 bits per heavy atom. The van der Waals surface area contributed by atoms with Gasteiger partial charge in [0.15, 0.2) is 0 Å². The molecule has 3 aromatic carbocycles. The molecule has 0 saturated heterocycles. The second kappa shape index (κ2) is 12.3. The van der Waals surface area contributed by atoms with E-state index in [1.54, 1.807) is 0 Å². The molecule has 8 nitrogen and oxygen atoms in total. The standard InChI is InChI=1S/C32H35N3O5/c1-35(18-21-10-3-2-4-11-21)19-29(31(37)38)33-30(36)26-16-9-17-28(26)34-32(39)40-20-27-24-14-7-5-12-22(24)23-13-6-8-15-25(23)27/h2-8,10-15,26-29H,9,16-20H2,1H3,(H,33,36)(H,34,39)(H,37,38)/t26-,28+,29?/m1/s1. The topological polar surface area (TPSA) is 108 Å². The maximum atomic E-state index is 13.1. The molecule has 2 aliphatic carbocycles. The Hall–Kier alpha value is -4.17. The fourth-order valence-electron chi connectivity index (χ4n) is 5.97. The molecule has 3 atom stereocenters. The molecule has 208 valence electrons. The zero-order chi connectivity index (χ0) is 28.1. The molecule has 8 heteroatoms. The molecule has 0 aliphatic heterocycles. The van der Waals surface area contributed by atoms with Gasteiger partial charge in [-0.3, -0.25) is 9.69 Å². The summed E-state index contributed by atoms with van der Waals surface area (Å²) in [6, 6.07) is 24.6. The summed E-state index contributed by atoms with van der Waals surface area (Å²) in [5.41, 5.74) is 5.63. The molecule has 0 radical (unpaired) electrons. The number of carbonyl (C=O) groups excluding carboxylic acids is 2. The number of carboxylic acid groups (broad SMARTS) is 1. The Balaban J connectivity index is 1.15. The lowest BCUT2D eigenvalue weighted by atomic mass is 9.98. The van der Waals surface area contributed by atoms with E-state index >= 15 is 0 Å². The lowest BCUT2D eigenvalue weighted by Gasteiger charge is -2.25. The van der Waals surface area contributed by atoms with Gasteiger partial charge in [0.2, 0.25) is 5.91 Å². The molecule has 1 saturated carbocycles. The number of aliphatic carboxylic acids is 1. The summed E-state index contributed by atoms with van der Waals surface area (Å²) < 4.78 is 5.68. The number of amides is 2. The van der Waals surface area contributed by atoms with Gasteiger partial charge in [-0.15, -0.1) is 0 Å². The molecular weight excluding hydrogens is 506 g/mol. The minimum atomic E-state index is -1.09. The Morgan fingerprint density at radius 1 is 0.925 bits per heavy atom. The van der Waals surface area contributed by atoms with Crippen molar-refractivity contribution < 1.29 is 24.2 Å². The van der Waals surface area contributed by atoms with Gasteiger partial charge in [-0.25, -0.2) is 9.59 Å². The first kappa shape index (κ1) is 27.4. The SMILES string of the molecule is CN(Cc1ccccc1)CC(NC(=O)[C@@H]1CCC[C@@H]1NC(=O)OCC1c2ccccc2-c2ccccc21)C(=O)O. The quantitative estimate of drug-likeness (QED) is 0.351. The summed E-state index contributed by atoms with van der Waals surface area (Å²) in [6.45, 7) is 0.918. The molecule has 2 aliphatic rings. The first-order chi connectivity index (χ1) is 19.4. The van der Waals surface area contributed by atoms with Gasteiger partial charge in [0, 0.05) is 25.0 Å². The van der Waals surface area contributed by atoms with E-state index in [-0.39, 0.29) is 25.0 Å². The molecule has 3 N–H and O–H groups in total. The third-order valence-corrected chi connectivity index (χ3v) is 7.90. The van der Waals surface area contributed by atoms with Crippen molar-refractivity contribution in [3.63, 3.8) is 0 Å². The second-order valence-corrected chi connectivity index (χ2v) is 10.7. The predicted molar refractivity (Wildman–Crippen MR) is 152 cm³/mol. The maximum absolute atomic E-state index is 13.1. The van der Waals surface area contributed by atoms with Gasteiger partial charge in [0.05, 0.1) is 5.92 Å². The minimum absolute atomic E-state index is 0.0509. The van der Waals surface area contributed by atoms with E-state index in [1.165, 1.54) is 0 Å². The van der Waals surface area contributed by atoms with Gasteiger partial charge >= 0.3 is 12.1 Å². The van der Waals surface area contributed by atoms with Gasteiger partial charge in [-0.1, -0.05) is 85.3 Å². The van der Waals surface area contributed by atoms with E-state index in [0.717, 1.165) is 34.2 Å². The summed E-state index contributed by atoms with van der Waals surface area (Å²) in [5.74, 6) is -2.01. The Bertz CT molecular complexity index is 1320. The van der Waals surface area contributed by atoms with E-state index in [9.17, 15) is 19.5 Å². The van der Waals surface area contributed by atoms with Crippen molar-refractivity contribution >= 4 is 18.0 Å². The predicted octanol–water partition coefficient (Wildman–Crippen LogP) is 4.40. The molecule has 1 unspecified atom stereocenters. The number of hydrogen-bond acceptors (Lipinski definition) is 5. The average molecular weight is 542 g/mol. The van der Waals surface area contributed by atoms with Crippen LogP contribution in [0.1, 0.15) is 41.9 Å². The number of alkyl carbamates (subject to hydrolysis) is 1. The van der Waals surface area contributed by atoms with Crippen molar-refractivity contribution in [3.05, 3.63) is 95.6 Å². The van der Waals surface area contributed by atoms with Crippen LogP contribution < -0.4 is 10.6 Å². The number of ether oxygens (including phenoxy) is 1. The first-order valence-electron chi connectivity index (χ1n) is 13.8. The number of carbonyl (C=O) groups is 3. The van der Waals surface area contributed by atoms with E-state index < -0.39 is 30.1 Å². The number of hydrogen-bond donors (Lipinski definition) is 3. The van der Waals surface area contributed by atoms with Crippen LogP contribution in [0.2, 0.25) is 0 Å². The first-order valence-corrected chi connectivity index (χ1v) is 13.8. The number of nitrogens with zero attached hydrogens (tertiary/aromatic N) is 1. The number of fused-ring (bicyclic) bond motifs is 3. The monoisotopic (exact) mass is 541 g/mol. The summed E-state index contributed by atoms with van der Waals surface area (Å²) in [6.07, 6.45) is 1.40. The zero-order valence-electron chi connectivity index (χ0n) is 22.6. The van der Waals surface area contributed by atoms with Crippen LogP contribution in [0.3, 0.4) is 0 Å².